The van der Waals surface area contributed by atoms with E-state index in [1.165, 1.54) is 12.1 Å². The maximum absolute atomic E-state index is 13.2. The Bertz CT molecular complexity index is 1240. The van der Waals surface area contributed by atoms with Gasteiger partial charge in [0.05, 0.1) is 27.4 Å². The molecule has 4 rings (SSSR count). The predicted octanol–water partition coefficient (Wildman–Crippen LogP) is 5.72. The maximum Gasteiger partial charge on any atom is 0.416 e. The van der Waals surface area contributed by atoms with Crippen molar-refractivity contribution in [1.29, 1.82) is 0 Å². The highest BCUT2D eigenvalue weighted by atomic mass is 32.2. The zero-order valence-corrected chi connectivity index (χ0v) is 17.7. The smallest absolute Gasteiger partial charge is 0.334 e. The van der Waals surface area contributed by atoms with Gasteiger partial charge in [0.2, 0.25) is 0 Å². The molecule has 1 N–H and O–H groups in total. The molecule has 2 aromatic carbocycles. The molecule has 1 aliphatic heterocycles. The van der Waals surface area contributed by atoms with Crippen molar-refractivity contribution in [2.24, 2.45) is 0 Å². The first-order valence-electron chi connectivity index (χ1n) is 9.82. The van der Waals surface area contributed by atoms with Crippen LogP contribution in [0, 0.1) is 0 Å². The Kier molecular flexibility index (Phi) is 5.67. The summed E-state index contributed by atoms with van der Waals surface area (Å²) in [6.45, 7) is 0.751. The largest absolute Gasteiger partial charge is 0.416 e. The third kappa shape index (κ3) is 4.85. The second-order valence-electron chi connectivity index (χ2n) is 7.59. The molecule has 0 spiro atoms. The van der Waals surface area contributed by atoms with Crippen LogP contribution in [0.2, 0.25) is 0 Å². The molecule has 1 aromatic heterocycles. The van der Waals surface area contributed by atoms with Crippen molar-refractivity contribution in [3.63, 3.8) is 0 Å². The molecule has 5 nitrogen and oxygen atoms in total. The summed E-state index contributed by atoms with van der Waals surface area (Å²) in [5, 5.41) is 0. The summed E-state index contributed by atoms with van der Waals surface area (Å²) in [5.41, 5.74) is -2.64. The SMILES string of the molecule is O=S(=O)(Nc1ccccc1-c1cn2c(n1)CCCC2)c1cc(C(F)(F)F)cc(C(F)(F)F)c1. The number of nitrogens with zero attached hydrogens (tertiary/aromatic N) is 2. The van der Waals surface area contributed by atoms with Gasteiger partial charge in [-0.2, -0.15) is 26.3 Å². The van der Waals surface area contributed by atoms with E-state index in [1.807, 2.05) is 4.57 Å². The van der Waals surface area contributed by atoms with Crippen molar-refractivity contribution in [1.82, 2.24) is 9.55 Å². The zero-order valence-electron chi connectivity index (χ0n) is 16.8. The van der Waals surface area contributed by atoms with Gasteiger partial charge in [-0.25, -0.2) is 13.4 Å². The molecule has 3 aromatic rings. The Morgan fingerprint density at radius 3 is 2.15 bits per heavy atom. The molecule has 33 heavy (non-hydrogen) atoms. The van der Waals surface area contributed by atoms with Crippen molar-refractivity contribution in [3.05, 3.63) is 65.6 Å². The molecular weight excluding hydrogens is 472 g/mol. The zero-order chi connectivity index (χ0) is 24.0. The number of aromatic nitrogens is 2. The van der Waals surface area contributed by atoms with Crippen molar-refractivity contribution in [2.45, 2.75) is 43.1 Å². The van der Waals surface area contributed by atoms with Crippen LogP contribution in [-0.2, 0) is 35.3 Å². The lowest BCUT2D eigenvalue weighted by atomic mass is 10.1. The molecule has 1 aliphatic rings. The number of hydrogen-bond acceptors (Lipinski definition) is 3. The first kappa shape index (κ1) is 23.1. The van der Waals surface area contributed by atoms with E-state index < -0.39 is 38.4 Å². The van der Waals surface area contributed by atoms with Gasteiger partial charge in [-0.05, 0) is 37.1 Å². The topological polar surface area (TPSA) is 64.0 Å². The van der Waals surface area contributed by atoms with Crippen LogP contribution in [-0.4, -0.2) is 18.0 Å². The Morgan fingerprint density at radius 2 is 1.55 bits per heavy atom. The van der Waals surface area contributed by atoms with Crippen molar-refractivity contribution < 1.29 is 34.8 Å². The molecular formula is C21H17F6N3O2S. The lowest BCUT2D eigenvalue weighted by molar-refractivity contribution is -0.143. The number of sulfonamides is 1. The highest BCUT2D eigenvalue weighted by Gasteiger charge is 2.38. The lowest BCUT2D eigenvalue weighted by Gasteiger charge is -2.16. The number of fused-ring (bicyclic) bond motifs is 1. The first-order chi connectivity index (χ1) is 15.3. The molecule has 0 saturated heterocycles. The van der Waals surface area contributed by atoms with Gasteiger partial charge in [-0.1, -0.05) is 18.2 Å². The van der Waals surface area contributed by atoms with Gasteiger partial charge < -0.3 is 4.57 Å². The molecule has 0 aliphatic carbocycles. The number of benzene rings is 2. The van der Waals surface area contributed by atoms with Gasteiger partial charge in [0.25, 0.3) is 10.0 Å². The number of imidazole rings is 1. The predicted molar refractivity (Wildman–Crippen MR) is 108 cm³/mol. The van der Waals surface area contributed by atoms with Crippen LogP contribution in [0.1, 0.15) is 29.8 Å². The Hall–Kier alpha value is -3.02. The molecule has 12 heteroatoms. The van der Waals surface area contributed by atoms with E-state index in [9.17, 15) is 34.8 Å². The van der Waals surface area contributed by atoms with E-state index in [0.717, 1.165) is 31.6 Å². The molecule has 0 radical (unpaired) electrons. The van der Waals surface area contributed by atoms with Crippen LogP contribution in [0.25, 0.3) is 11.3 Å². The monoisotopic (exact) mass is 489 g/mol. The number of nitrogens with one attached hydrogen (secondary N) is 1. The maximum atomic E-state index is 13.2. The second kappa shape index (κ2) is 8.08. The minimum Gasteiger partial charge on any atom is -0.334 e. The summed E-state index contributed by atoms with van der Waals surface area (Å²) in [7, 11) is -4.80. The van der Waals surface area contributed by atoms with Gasteiger partial charge in [0.1, 0.15) is 5.82 Å². The number of rotatable bonds is 4. The Balaban J connectivity index is 1.76. The summed E-state index contributed by atoms with van der Waals surface area (Å²) >= 11 is 0. The normalized spacial score (nSPS) is 14.7. The molecule has 0 saturated carbocycles. The quantitative estimate of drug-likeness (QED) is 0.477. The van der Waals surface area contributed by atoms with Crippen LogP contribution >= 0.6 is 0 Å². The van der Waals surface area contributed by atoms with Crippen molar-refractivity contribution >= 4 is 15.7 Å². The van der Waals surface area contributed by atoms with E-state index in [-0.39, 0.29) is 23.9 Å². The van der Waals surface area contributed by atoms with Crippen LogP contribution < -0.4 is 4.72 Å². The fraction of sp³-hybridized carbons (Fsp3) is 0.286. The highest BCUT2D eigenvalue weighted by molar-refractivity contribution is 7.92. The second-order valence-corrected chi connectivity index (χ2v) is 9.27. The minimum atomic E-state index is -5.17. The van der Waals surface area contributed by atoms with Gasteiger partial charge >= 0.3 is 12.4 Å². The molecule has 0 unspecified atom stereocenters. The molecule has 0 fully saturated rings. The van der Waals surface area contributed by atoms with Gasteiger partial charge in [0, 0.05) is 24.7 Å². The fourth-order valence-electron chi connectivity index (χ4n) is 3.62. The molecule has 0 atom stereocenters. The van der Waals surface area contributed by atoms with Gasteiger partial charge in [0.15, 0.2) is 0 Å². The highest BCUT2D eigenvalue weighted by Crippen LogP contribution is 2.38. The fourth-order valence-corrected chi connectivity index (χ4v) is 4.77. The average molecular weight is 489 g/mol. The minimum absolute atomic E-state index is 0.0149. The molecule has 0 bridgehead atoms. The van der Waals surface area contributed by atoms with Crippen LogP contribution in [0.3, 0.4) is 0 Å². The number of aryl methyl sites for hydroxylation is 2. The van der Waals surface area contributed by atoms with Gasteiger partial charge in [-0.15, -0.1) is 0 Å². The first-order valence-corrected chi connectivity index (χ1v) is 11.3. The number of halogens is 6. The number of alkyl halides is 6. The Labute approximate surface area is 185 Å². The standard InChI is InChI=1S/C21H17F6N3O2S/c22-20(23,24)13-9-14(21(25,26)27)11-15(10-13)33(31,32)29-17-6-2-1-5-16(17)18-12-30-8-4-3-7-19(30)28-18/h1-2,5-6,9-12,29H,3-4,7-8H2. The van der Waals surface area contributed by atoms with Crippen LogP contribution in [0.4, 0.5) is 32.0 Å². The molecule has 0 amide bonds. The lowest BCUT2D eigenvalue weighted by Crippen LogP contribution is -2.17. The summed E-state index contributed by atoms with van der Waals surface area (Å²) in [6.07, 6.45) is -5.92. The van der Waals surface area contributed by atoms with E-state index in [0.29, 0.717) is 11.3 Å². The van der Waals surface area contributed by atoms with Crippen LogP contribution in [0.15, 0.2) is 53.6 Å². The van der Waals surface area contributed by atoms with E-state index in [1.54, 1.807) is 18.3 Å². The third-order valence-corrected chi connectivity index (χ3v) is 6.57. The summed E-state index contributed by atoms with van der Waals surface area (Å²) in [4.78, 5) is 3.36. The van der Waals surface area contributed by atoms with E-state index >= 15 is 0 Å². The summed E-state index contributed by atoms with van der Waals surface area (Å²) in [6, 6.07) is 6.28. The Morgan fingerprint density at radius 1 is 0.909 bits per heavy atom. The van der Waals surface area contributed by atoms with E-state index in [4.69, 9.17) is 0 Å². The number of para-hydroxylation sites is 1. The van der Waals surface area contributed by atoms with Crippen molar-refractivity contribution in [2.75, 3.05) is 4.72 Å². The average Bonchev–Trinajstić information content (AvgIpc) is 3.16. The van der Waals surface area contributed by atoms with E-state index in [2.05, 4.69) is 9.71 Å². The molecule has 2 heterocycles. The number of hydrogen-bond donors (Lipinski definition) is 1. The number of anilines is 1. The third-order valence-electron chi connectivity index (χ3n) is 5.23. The van der Waals surface area contributed by atoms with Crippen molar-refractivity contribution in [3.8, 4) is 11.3 Å². The molecule has 176 valence electrons. The van der Waals surface area contributed by atoms with Gasteiger partial charge in [-0.3, -0.25) is 4.72 Å². The summed E-state index contributed by atoms with van der Waals surface area (Å²) < 4.78 is 109. The van der Waals surface area contributed by atoms with Crippen LogP contribution in [0.5, 0.6) is 0 Å². The summed E-state index contributed by atoms with van der Waals surface area (Å²) in [5.74, 6) is 0.821.